The summed E-state index contributed by atoms with van der Waals surface area (Å²) in [5.41, 5.74) is 0. The van der Waals surface area contributed by atoms with Crippen LogP contribution < -0.4 is 4.74 Å². The van der Waals surface area contributed by atoms with Crippen molar-refractivity contribution in [1.82, 2.24) is 4.90 Å². The first-order chi connectivity index (χ1) is 9.60. The van der Waals surface area contributed by atoms with Gasteiger partial charge in [-0.2, -0.15) is 0 Å². The lowest BCUT2D eigenvalue weighted by Gasteiger charge is -2.51. The van der Waals surface area contributed by atoms with Crippen LogP contribution in [0.5, 0.6) is 5.75 Å². The number of ether oxygens (including phenoxy) is 3. The summed E-state index contributed by atoms with van der Waals surface area (Å²) in [5.74, 6) is -2.14. The quantitative estimate of drug-likeness (QED) is 0.740. The van der Waals surface area contributed by atoms with Gasteiger partial charge in [-0.1, -0.05) is 18.2 Å². The van der Waals surface area contributed by atoms with Gasteiger partial charge < -0.3 is 14.2 Å². The van der Waals surface area contributed by atoms with Crippen LogP contribution in [0.25, 0.3) is 0 Å². The van der Waals surface area contributed by atoms with E-state index in [1.54, 1.807) is 24.1 Å². The third-order valence-corrected chi connectivity index (χ3v) is 3.25. The predicted octanol–water partition coefficient (Wildman–Crippen LogP) is 0.689. The van der Waals surface area contributed by atoms with Crippen LogP contribution >= 0.6 is 0 Å². The number of likely N-dealkylation sites (tertiary alicyclic amines) is 1. The third kappa shape index (κ3) is 2.04. The minimum atomic E-state index is -1.49. The van der Waals surface area contributed by atoms with Crippen molar-refractivity contribution < 1.29 is 23.8 Å². The Labute approximate surface area is 115 Å². The zero-order valence-corrected chi connectivity index (χ0v) is 10.8. The monoisotopic (exact) mass is 275 g/mol. The molecule has 3 rings (SSSR count). The van der Waals surface area contributed by atoms with Crippen molar-refractivity contribution in [3.8, 4) is 5.75 Å². The number of hydrogen-bond donors (Lipinski definition) is 0. The Bertz CT molecular complexity index is 548. The number of carbonyl (C=O) groups excluding carboxylic acids is 2. The van der Waals surface area contributed by atoms with Gasteiger partial charge in [0.1, 0.15) is 5.75 Å². The fraction of sp³-hybridized carbons (Fsp3) is 0.286. The molecule has 0 N–H and O–H groups in total. The minimum Gasteiger partial charge on any atom is -0.479 e. The molecule has 1 aromatic rings. The number of esters is 2. The smallest absolute Gasteiger partial charge is 0.360 e. The number of carbonyl (C=O) groups is 2. The molecule has 6 nitrogen and oxygen atoms in total. The average Bonchev–Trinajstić information content (AvgIpc) is 2.61. The first-order valence-corrected chi connectivity index (χ1v) is 6.17. The van der Waals surface area contributed by atoms with E-state index in [-0.39, 0.29) is 0 Å². The molecule has 0 aliphatic carbocycles. The molecule has 104 valence electrons. The van der Waals surface area contributed by atoms with Gasteiger partial charge in [-0.15, -0.1) is 0 Å². The molecule has 0 amide bonds. The molecule has 1 spiro atoms. The van der Waals surface area contributed by atoms with E-state index in [0.717, 1.165) is 12.2 Å². The van der Waals surface area contributed by atoms with Crippen molar-refractivity contribution in [2.75, 3.05) is 13.6 Å². The fourth-order valence-electron chi connectivity index (χ4n) is 2.20. The molecule has 0 aromatic heterocycles. The second kappa shape index (κ2) is 4.64. The number of para-hydroxylation sites is 1. The molecule has 6 heteroatoms. The molecule has 2 aliphatic rings. The van der Waals surface area contributed by atoms with Gasteiger partial charge >= 0.3 is 17.8 Å². The lowest BCUT2D eigenvalue weighted by molar-refractivity contribution is -0.359. The number of hydrogen-bond acceptors (Lipinski definition) is 6. The molecule has 1 fully saturated rings. The highest BCUT2D eigenvalue weighted by molar-refractivity contribution is 5.93. The van der Waals surface area contributed by atoms with Crippen molar-refractivity contribution in [3.63, 3.8) is 0 Å². The maximum absolute atomic E-state index is 11.6. The zero-order chi connectivity index (χ0) is 14.2. The van der Waals surface area contributed by atoms with Gasteiger partial charge in [0, 0.05) is 12.2 Å². The summed E-state index contributed by atoms with van der Waals surface area (Å²) in [4.78, 5) is 24.7. The largest absolute Gasteiger partial charge is 0.479 e. The van der Waals surface area contributed by atoms with E-state index in [1.165, 1.54) is 0 Å². The maximum atomic E-state index is 11.6. The van der Waals surface area contributed by atoms with Crippen LogP contribution in [0.15, 0.2) is 42.5 Å². The molecule has 2 aliphatic heterocycles. The summed E-state index contributed by atoms with van der Waals surface area (Å²) in [6.45, 7) is 0.482. The highest BCUT2D eigenvalue weighted by Crippen LogP contribution is 2.36. The maximum Gasteiger partial charge on any atom is 0.360 e. The van der Waals surface area contributed by atoms with Crippen LogP contribution in [-0.4, -0.2) is 42.4 Å². The average molecular weight is 275 g/mol. The fourth-order valence-corrected chi connectivity index (χ4v) is 2.20. The van der Waals surface area contributed by atoms with Crippen LogP contribution in [0, 0.1) is 0 Å². The molecule has 0 bridgehead atoms. The Kier molecular flexibility index (Phi) is 2.94. The summed E-state index contributed by atoms with van der Waals surface area (Å²) >= 11 is 0. The first kappa shape index (κ1) is 12.7. The first-order valence-electron chi connectivity index (χ1n) is 6.17. The van der Waals surface area contributed by atoms with Gasteiger partial charge in [-0.05, 0) is 19.2 Å². The van der Waals surface area contributed by atoms with E-state index in [2.05, 4.69) is 0 Å². The minimum absolute atomic E-state index is 0.482. The lowest BCUT2D eigenvalue weighted by Crippen LogP contribution is -2.74. The van der Waals surface area contributed by atoms with Crippen molar-refractivity contribution in [1.29, 1.82) is 0 Å². The van der Waals surface area contributed by atoms with Gasteiger partial charge in [-0.25, -0.2) is 14.5 Å². The Balaban J connectivity index is 1.83. The second-order valence-electron chi connectivity index (χ2n) is 4.61. The predicted molar refractivity (Wildman–Crippen MR) is 67.5 cm³/mol. The molecule has 1 atom stereocenters. The summed E-state index contributed by atoms with van der Waals surface area (Å²) in [6.07, 6.45) is 1.52. The Hall–Kier alpha value is -2.34. The molecule has 0 radical (unpaired) electrons. The standard InChI is InChI=1S/C14H13NO5/c1-15-9-11(18-10-5-3-2-4-6-10)14(15)19-12(16)7-8-13(17)20-14/h2-8,11H,9H2,1H3. The van der Waals surface area contributed by atoms with E-state index < -0.39 is 24.0 Å². The van der Waals surface area contributed by atoms with Crippen molar-refractivity contribution in [3.05, 3.63) is 42.5 Å². The summed E-state index contributed by atoms with van der Waals surface area (Å²) in [5, 5.41) is 0. The van der Waals surface area contributed by atoms with Crippen LogP contribution in [0.3, 0.4) is 0 Å². The topological polar surface area (TPSA) is 65.1 Å². The molecule has 1 unspecified atom stereocenters. The van der Waals surface area contributed by atoms with Crippen LogP contribution in [-0.2, 0) is 19.1 Å². The van der Waals surface area contributed by atoms with E-state index in [1.807, 2.05) is 18.2 Å². The van der Waals surface area contributed by atoms with Gasteiger partial charge in [0.25, 0.3) is 0 Å². The Morgan fingerprint density at radius 1 is 1.15 bits per heavy atom. The number of likely N-dealkylation sites (N-methyl/N-ethyl adjacent to an activating group) is 1. The van der Waals surface area contributed by atoms with E-state index in [0.29, 0.717) is 12.3 Å². The normalized spacial score (nSPS) is 24.6. The van der Waals surface area contributed by atoms with Crippen molar-refractivity contribution in [2.45, 2.75) is 12.0 Å². The van der Waals surface area contributed by atoms with Crippen LogP contribution in [0.1, 0.15) is 0 Å². The Morgan fingerprint density at radius 3 is 2.30 bits per heavy atom. The number of nitrogens with zero attached hydrogens (tertiary/aromatic N) is 1. The molecule has 20 heavy (non-hydrogen) atoms. The molecular weight excluding hydrogens is 262 g/mol. The van der Waals surface area contributed by atoms with Crippen molar-refractivity contribution >= 4 is 11.9 Å². The van der Waals surface area contributed by atoms with Gasteiger partial charge in [0.2, 0.25) is 6.10 Å². The third-order valence-electron chi connectivity index (χ3n) is 3.25. The molecular formula is C14H13NO5. The lowest BCUT2D eigenvalue weighted by atomic mass is 10.1. The highest BCUT2D eigenvalue weighted by Gasteiger charge is 2.61. The van der Waals surface area contributed by atoms with Gasteiger partial charge in [0.05, 0.1) is 6.54 Å². The number of rotatable bonds is 2. The zero-order valence-electron chi connectivity index (χ0n) is 10.8. The molecule has 0 saturated carbocycles. The highest BCUT2D eigenvalue weighted by atomic mass is 16.8. The van der Waals surface area contributed by atoms with E-state index in [9.17, 15) is 9.59 Å². The molecule has 2 heterocycles. The van der Waals surface area contributed by atoms with Crippen LogP contribution in [0.2, 0.25) is 0 Å². The van der Waals surface area contributed by atoms with E-state index in [4.69, 9.17) is 14.2 Å². The second-order valence-corrected chi connectivity index (χ2v) is 4.61. The summed E-state index contributed by atoms with van der Waals surface area (Å²) in [6, 6.07) is 9.09. The van der Waals surface area contributed by atoms with Crippen LogP contribution in [0.4, 0.5) is 0 Å². The summed E-state index contributed by atoms with van der Waals surface area (Å²) in [7, 11) is 1.69. The van der Waals surface area contributed by atoms with E-state index >= 15 is 0 Å². The summed E-state index contributed by atoms with van der Waals surface area (Å²) < 4.78 is 16.2. The van der Waals surface area contributed by atoms with Gasteiger partial charge in [0.15, 0.2) is 0 Å². The van der Waals surface area contributed by atoms with Crippen molar-refractivity contribution in [2.24, 2.45) is 0 Å². The molecule has 1 saturated heterocycles. The SMILES string of the molecule is CN1CC(Oc2ccccc2)C12OC(=O)C=CC(=O)O2. The molecule has 1 aromatic carbocycles. The van der Waals surface area contributed by atoms with Gasteiger partial charge in [-0.3, -0.25) is 0 Å². The Morgan fingerprint density at radius 2 is 1.75 bits per heavy atom. The number of benzene rings is 1.